The molecule has 27 heavy (non-hydrogen) atoms. The number of amides is 2. The second-order valence-corrected chi connectivity index (χ2v) is 7.29. The number of carbonyl (C=O) groups is 2. The Morgan fingerprint density at radius 2 is 2.00 bits per heavy atom. The summed E-state index contributed by atoms with van der Waals surface area (Å²) in [6.07, 6.45) is 2.02. The number of tetrazole rings is 1. The first-order valence-electron chi connectivity index (χ1n) is 8.66. The molecule has 0 spiro atoms. The lowest BCUT2D eigenvalue weighted by Gasteiger charge is -2.11. The Kier molecular flexibility index (Phi) is 4.68. The van der Waals surface area contributed by atoms with Gasteiger partial charge in [0.25, 0.3) is 11.8 Å². The average Bonchev–Trinajstić information content (AvgIpc) is 3.18. The predicted octanol–water partition coefficient (Wildman–Crippen LogP) is 2.49. The number of benzene rings is 1. The van der Waals surface area contributed by atoms with Crippen LogP contribution in [0.15, 0.2) is 41.8 Å². The van der Waals surface area contributed by atoms with Gasteiger partial charge < -0.3 is 10.6 Å². The minimum atomic E-state index is -0.670. The lowest BCUT2D eigenvalue weighted by molar-refractivity contribution is -0.119. The summed E-state index contributed by atoms with van der Waals surface area (Å²) in [4.78, 5) is 26.1. The fourth-order valence-electron chi connectivity index (χ4n) is 2.49. The van der Waals surface area contributed by atoms with Crippen LogP contribution in [0.4, 0.5) is 5.00 Å². The summed E-state index contributed by atoms with van der Waals surface area (Å²) in [5, 5.41) is 20.3. The van der Waals surface area contributed by atoms with Gasteiger partial charge in [-0.25, -0.2) is 0 Å². The number of hydrogen-bond donors (Lipinski definition) is 2. The van der Waals surface area contributed by atoms with Crippen LogP contribution in [0, 0.1) is 0 Å². The molecule has 138 valence electrons. The maximum atomic E-state index is 12.6. The quantitative estimate of drug-likeness (QED) is 0.682. The van der Waals surface area contributed by atoms with E-state index in [1.165, 1.54) is 16.1 Å². The number of thiophene rings is 1. The van der Waals surface area contributed by atoms with Gasteiger partial charge in [-0.1, -0.05) is 30.3 Å². The summed E-state index contributed by atoms with van der Waals surface area (Å²) < 4.78 is 0. The molecule has 1 unspecified atom stereocenters. The van der Waals surface area contributed by atoms with Gasteiger partial charge in [0.15, 0.2) is 0 Å². The van der Waals surface area contributed by atoms with Crippen LogP contribution in [-0.4, -0.2) is 38.1 Å². The number of hydrogen-bond acceptors (Lipinski definition) is 6. The smallest absolute Gasteiger partial charge is 0.254 e. The first-order chi connectivity index (χ1) is 13.1. The topological polar surface area (TPSA) is 102 Å². The van der Waals surface area contributed by atoms with Gasteiger partial charge in [0.1, 0.15) is 11.0 Å². The van der Waals surface area contributed by atoms with E-state index in [2.05, 4.69) is 26.0 Å². The normalized spacial score (nSPS) is 14.6. The Bertz CT molecular complexity index is 963. The standard InChI is InChI=1S/C18H18N6O2S/c1-11(24-22-15(21-23-24)12-5-3-2-4-6-12)16(25)20-18-14(9-10-27-18)17(26)19-13-7-8-13/h2-6,9-11,13H,7-8H2,1H3,(H,19,26)(H,20,25). The zero-order valence-electron chi connectivity index (χ0n) is 14.6. The fourth-order valence-corrected chi connectivity index (χ4v) is 3.28. The van der Waals surface area contributed by atoms with Crippen LogP contribution in [0.1, 0.15) is 36.2 Å². The van der Waals surface area contributed by atoms with Crippen molar-refractivity contribution in [2.24, 2.45) is 0 Å². The molecule has 2 N–H and O–H groups in total. The molecule has 1 saturated carbocycles. The second kappa shape index (κ2) is 7.28. The molecule has 2 aromatic heterocycles. The van der Waals surface area contributed by atoms with Gasteiger partial charge in [-0.2, -0.15) is 4.80 Å². The minimum absolute atomic E-state index is 0.160. The summed E-state index contributed by atoms with van der Waals surface area (Å²) in [7, 11) is 0. The van der Waals surface area contributed by atoms with Crippen LogP contribution >= 0.6 is 11.3 Å². The molecule has 9 heteroatoms. The van der Waals surface area contributed by atoms with Crippen molar-refractivity contribution in [3.8, 4) is 11.4 Å². The number of nitrogens with one attached hydrogen (secondary N) is 2. The Morgan fingerprint density at radius 1 is 1.22 bits per heavy atom. The molecular weight excluding hydrogens is 364 g/mol. The first kappa shape index (κ1) is 17.3. The van der Waals surface area contributed by atoms with E-state index >= 15 is 0 Å². The van der Waals surface area contributed by atoms with Crippen molar-refractivity contribution in [2.75, 3.05) is 5.32 Å². The maximum absolute atomic E-state index is 12.6. The number of anilines is 1. The van der Waals surface area contributed by atoms with E-state index in [9.17, 15) is 9.59 Å². The van der Waals surface area contributed by atoms with E-state index in [1.807, 2.05) is 30.3 Å². The van der Waals surface area contributed by atoms with Gasteiger partial charge in [-0.3, -0.25) is 9.59 Å². The van der Waals surface area contributed by atoms with Crippen molar-refractivity contribution >= 4 is 28.2 Å². The van der Waals surface area contributed by atoms with Crippen LogP contribution in [0.3, 0.4) is 0 Å². The number of carbonyl (C=O) groups excluding carboxylic acids is 2. The van der Waals surface area contributed by atoms with Crippen LogP contribution in [0.25, 0.3) is 11.4 Å². The van der Waals surface area contributed by atoms with Crippen LogP contribution < -0.4 is 10.6 Å². The molecule has 0 saturated heterocycles. The molecule has 1 fully saturated rings. The van der Waals surface area contributed by atoms with E-state index < -0.39 is 6.04 Å². The van der Waals surface area contributed by atoms with Crippen molar-refractivity contribution in [3.63, 3.8) is 0 Å². The molecule has 2 amide bonds. The SMILES string of the molecule is CC(C(=O)Nc1sccc1C(=O)NC1CC1)n1nnc(-c2ccccc2)n1. The predicted molar refractivity (Wildman–Crippen MR) is 101 cm³/mol. The summed E-state index contributed by atoms with van der Waals surface area (Å²) in [6.45, 7) is 1.68. The molecular formula is C18H18N6O2S. The highest BCUT2D eigenvalue weighted by atomic mass is 32.1. The van der Waals surface area contributed by atoms with E-state index in [0.717, 1.165) is 18.4 Å². The summed E-state index contributed by atoms with van der Waals surface area (Å²) in [6, 6.07) is 10.7. The Morgan fingerprint density at radius 3 is 2.74 bits per heavy atom. The summed E-state index contributed by atoms with van der Waals surface area (Å²) in [5.41, 5.74) is 1.30. The van der Waals surface area contributed by atoms with Crippen molar-refractivity contribution in [2.45, 2.75) is 31.8 Å². The van der Waals surface area contributed by atoms with Gasteiger partial charge in [0.2, 0.25) is 5.82 Å². The number of rotatable bonds is 6. The fraction of sp³-hybridized carbons (Fsp3) is 0.278. The van der Waals surface area contributed by atoms with E-state index in [4.69, 9.17) is 0 Å². The summed E-state index contributed by atoms with van der Waals surface area (Å²) >= 11 is 1.31. The zero-order valence-corrected chi connectivity index (χ0v) is 15.4. The largest absolute Gasteiger partial charge is 0.349 e. The first-order valence-corrected chi connectivity index (χ1v) is 9.54. The van der Waals surface area contributed by atoms with Crippen molar-refractivity contribution in [1.29, 1.82) is 0 Å². The lowest BCUT2D eigenvalue weighted by atomic mass is 10.2. The highest BCUT2D eigenvalue weighted by Crippen LogP contribution is 2.26. The molecule has 1 aliphatic carbocycles. The Hall–Kier alpha value is -3.07. The average molecular weight is 382 g/mol. The molecule has 8 nitrogen and oxygen atoms in total. The van der Waals surface area contributed by atoms with Crippen molar-refractivity contribution in [3.05, 3.63) is 47.3 Å². The number of aromatic nitrogens is 4. The Balaban J connectivity index is 1.45. The van der Waals surface area contributed by atoms with Gasteiger partial charge in [-0.15, -0.1) is 21.5 Å². The van der Waals surface area contributed by atoms with Gasteiger partial charge in [0, 0.05) is 11.6 Å². The summed E-state index contributed by atoms with van der Waals surface area (Å²) in [5.74, 6) is -0.0160. The van der Waals surface area contributed by atoms with Crippen molar-refractivity contribution < 1.29 is 9.59 Å². The van der Waals surface area contributed by atoms with E-state index in [0.29, 0.717) is 16.4 Å². The van der Waals surface area contributed by atoms with Gasteiger partial charge in [0.05, 0.1) is 5.56 Å². The Labute approximate surface area is 159 Å². The van der Waals surface area contributed by atoms with Gasteiger partial charge in [-0.05, 0) is 36.4 Å². The third-order valence-corrected chi connectivity index (χ3v) is 5.08. The van der Waals surface area contributed by atoms with E-state index in [1.54, 1.807) is 18.4 Å². The molecule has 2 heterocycles. The molecule has 4 rings (SSSR count). The van der Waals surface area contributed by atoms with Crippen LogP contribution in [-0.2, 0) is 4.79 Å². The molecule has 0 bridgehead atoms. The third kappa shape index (κ3) is 3.87. The zero-order chi connectivity index (χ0) is 18.8. The molecule has 0 aliphatic heterocycles. The highest BCUT2D eigenvalue weighted by Gasteiger charge is 2.26. The van der Waals surface area contributed by atoms with E-state index in [-0.39, 0.29) is 17.9 Å². The second-order valence-electron chi connectivity index (χ2n) is 6.38. The monoisotopic (exact) mass is 382 g/mol. The van der Waals surface area contributed by atoms with Gasteiger partial charge >= 0.3 is 0 Å². The molecule has 1 aliphatic rings. The van der Waals surface area contributed by atoms with Crippen LogP contribution in [0.5, 0.6) is 0 Å². The maximum Gasteiger partial charge on any atom is 0.254 e. The molecule has 1 aromatic carbocycles. The molecule has 3 aromatic rings. The molecule has 1 atom stereocenters. The third-order valence-electron chi connectivity index (χ3n) is 4.25. The minimum Gasteiger partial charge on any atom is -0.349 e. The lowest BCUT2D eigenvalue weighted by Crippen LogP contribution is -2.28. The van der Waals surface area contributed by atoms with Crippen LogP contribution in [0.2, 0.25) is 0 Å². The highest BCUT2D eigenvalue weighted by molar-refractivity contribution is 7.14. The van der Waals surface area contributed by atoms with Crippen molar-refractivity contribution in [1.82, 2.24) is 25.5 Å². The molecule has 0 radical (unpaired) electrons. The number of nitrogens with zero attached hydrogens (tertiary/aromatic N) is 4.